The quantitative estimate of drug-likeness (QED) is 0.152. The van der Waals surface area contributed by atoms with Crippen molar-refractivity contribution in [3.05, 3.63) is 60.4 Å². The topological polar surface area (TPSA) is 119 Å². The maximum Gasteiger partial charge on any atom is 0.407 e. The van der Waals surface area contributed by atoms with E-state index >= 15 is 0 Å². The third-order valence-corrected chi connectivity index (χ3v) is 6.33. The summed E-state index contributed by atoms with van der Waals surface area (Å²) in [6.45, 7) is 6.67. The summed E-state index contributed by atoms with van der Waals surface area (Å²) in [6.07, 6.45) is 6.74. The van der Waals surface area contributed by atoms with Crippen molar-refractivity contribution in [1.82, 2.24) is 30.6 Å². The molecule has 9 nitrogen and oxygen atoms in total. The highest BCUT2D eigenvalue weighted by Crippen LogP contribution is 2.31. The minimum Gasteiger partial charge on any atom is -0.444 e. The Balaban J connectivity index is 1.21. The van der Waals surface area contributed by atoms with Gasteiger partial charge in [-0.05, 0) is 76.1 Å². The molecule has 2 amide bonds. The molecule has 3 heterocycles. The molecule has 5 aromatic rings. The van der Waals surface area contributed by atoms with Crippen LogP contribution < -0.4 is 10.6 Å². The number of benzene rings is 2. The Bertz CT molecular complexity index is 1680. The molecule has 2 aromatic carbocycles. The van der Waals surface area contributed by atoms with Crippen molar-refractivity contribution in [2.75, 3.05) is 13.1 Å². The van der Waals surface area contributed by atoms with E-state index in [1.807, 2.05) is 51.1 Å². The molecule has 0 bridgehead atoms. The number of carbonyl (C=O) groups excluding carboxylic acids is 2. The fraction of sp³-hybridized carbons (Fsp3) is 0.333. The molecule has 3 aromatic heterocycles. The van der Waals surface area contributed by atoms with E-state index in [2.05, 4.69) is 20.6 Å². The van der Waals surface area contributed by atoms with Crippen LogP contribution in [0.3, 0.4) is 0 Å². The number of rotatable bonds is 8. The fourth-order valence-corrected chi connectivity index (χ4v) is 4.55. The lowest BCUT2D eigenvalue weighted by atomic mass is 10.1. The van der Waals surface area contributed by atoms with E-state index in [0.717, 1.165) is 58.5 Å². The van der Waals surface area contributed by atoms with Crippen molar-refractivity contribution in [2.24, 2.45) is 0 Å². The molecule has 0 aliphatic heterocycles. The van der Waals surface area contributed by atoms with Crippen LogP contribution in [-0.4, -0.2) is 50.6 Å². The molecule has 39 heavy (non-hydrogen) atoms. The molecule has 200 valence electrons. The summed E-state index contributed by atoms with van der Waals surface area (Å²) in [5, 5.41) is 7.54. The summed E-state index contributed by atoms with van der Waals surface area (Å²) in [6, 6.07) is 13.1. The summed E-state index contributed by atoms with van der Waals surface area (Å²) in [5.41, 5.74) is 4.50. The smallest absolute Gasteiger partial charge is 0.407 e. The van der Waals surface area contributed by atoms with Gasteiger partial charge in [0, 0.05) is 41.8 Å². The van der Waals surface area contributed by atoms with Gasteiger partial charge in [-0.2, -0.15) is 0 Å². The summed E-state index contributed by atoms with van der Waals surface area (Å²) in [7, 11) is 0. The minimum atomic E-state index is -0.494. The van der Waals surface area contributed by atoms with Gasteiger partial charge in [-0.25, -0.2) is 14.8 Å². The number of nitrogens with one attached hydrogen (secondary N) is 2. The maximum absolute atomic E-state index is 12.8. The molecule has 0 saturated carbocycles. The summed E-state index contributed by atoms with van der Waals surface area (Å²) < 4.78 is 5.22. The van der Waals surface area contributed by atoms with Crippen LogP contribution >= 0.6 is 0 Å². The third kappa shape index (κ3) is 6.03. The van der Waals surface area contributed by atoms with Gasteiger partial charge >= 0.3 is 6.09 Å². The van der Waals surface area contributed by atoms with Crippen molar-refractivity contribution in [3.8, 4) is 0 Å². The second-order valence-electron chi connectivity index (χ2n) is 10.5. The van der Waals surface area contributed by atoms with Gasteiger partial charge in [0.2, 0.25) is 0 Å². The molecular weight excluding hydrogens is 492 g/mol. The zero-order valence-corrected chi connectivity index (χ0v) is 22.5. The highest BCUT2D eigenvalue weighted by molar-refractivity contribution is 6.21. The first-order valence-electron chi connectivity index (χ1n) is 13.3. The number of ether oxygens (including phenoxy) is 1. The zero-order valence-electron chi connectivity index (χ0n) is 22.5. The lowest BCUT2D eigenvalue weighted by molar-refractivity contribution is 0.0526. The van der Waals surface area contributed by atoms with Gasteiger partial charge in [0.15, 0.2) is 0 Å². The molecule has 5 rings (SSSR count). The number of unbranched alkanes of at least 4 members (excludes halogenated alkanes) is 3. The Labute approximate surface area is 226 Å². The molecule has 0 radical (unpaired) electrons. The van der Waals surface area contributed by atoms with Gasteiger partial charge in [0.25, 0.3) is 5.91 Å². The molecule has 2 N–H and O–H groups in total. The van der Waals surface area contributed by atoms with E-state index in [9.17, 15) is 9.59 Å². The molecule has 0 aliphatic rings. The Morgan fingerprint density at radius 2 is 1.33 bits per heavy atom. The third-order valence-electron chi connectivity index (χ3n) is 6.33. The van der Waals surface area contributed by atoms with E-state index in [1.165, 1.54) is 0 Å². The number of carbonyl (C=O) groups is 2. The SMILES string of the molecule is CC(C)(C)OC(=O)NCCCCCCNC(=O)c1ccc2nc3c4cccnc4c4ncccc4c3nc2c1. The fourth-order valence-electron chi connectivity index (χ4n) is 4.55. The van der Waals surface area contributed by atoms with Crippen LogP contribution in [0.4, 0.5) is 4.79 Å². The predicted molar refractivity (Wildman–Crippen MR) is 153 cm³/mol. The highest BCUT2D eigenvalue weighted by atomic mass is 16.6. The van der Waals surface area contributed by atoms with Crippen molar-refractivity contribution in [2.45, 2.75) is 52.1 Å². The van der Waals surface area contributed by atoms with Crippen LogP contribution in [0.2, 0.25) is 0 Å². The molecule has 0 spiro atoms. The van der Waals surface area contributed by atoms with Crippen molar-refractivity contribution >= 4 is 55.9 Å². The normalized spacial score (nSPS) is 11.8. The summed E-state index contributed by atoms with van der Waals surface area (Å²) in [5.74, 6) is -0.139. The number of pyridine rings is 2. The minimum absolute atomic E-state index is 0.139. The Hall–Kier alpha value is -4.40. The second-order valence-corrected chi connectivity index (χ2v) is 10.5. The second kappa shape index (κ2) is 11.1. The van der Waals surface area contributed by atoms with E-state index in [0.29, 0.717) is 29.7 Å². The van der Waals surface area contributed by atoms with E-state index in [4.69, 9.17) is 14.7 Å². The van der Waals surface area contributed by atoms with Crippen LogP contribution in [0.5, 0.6) is 0 Å². The van der Waals surface area contributed by atoms with Crippen LogP contribution in [0.1, 0.15) is 56.8 Å². The van der Waals surface area contributed by atoms with Gasteiger partial charge in [0.1, 0.15) is 5.60 Å². The standard InChI is InChI=1S/C30H32N6O3/c1-30(2,3)39-29(38)34-15-7-5-4-6-14-33-28(37)19-12-13-22-23(18-19)36-27-21-11-9-17-32-25(21)24-20(26(27)35-22)10-8-16-31-24/h8-13,16-18H,4-7,14-15H2,1-3H3,(H,33,37)(H,34,38). The Morgan fingerprint density at radius 3 is 1.95 bits per heavy atom. The molecule has 0 aliphatic carbocycles. The molecule has 0 unspecified atom stereocenters. The maximum atomic E-state index is 12.8. The predicted octanol–water partition coefficient (Wildman–Crippen LogP) is 5.69. The monoisotopic (exact) mass is 524 g/mol. The lowest BCUT2D eigenvalue weighted by Gasteiger charge is -2.19. The first-order valence-corrected chi connectivity index (χ1v) is 13.3. The van der Waals surface area contributed by atoms with Crippen molar-refractivity contribution in [3.63, 3.8) is 0 Å². The number of amides is 2. The number of hydrogen-bond donors (Lipinski definition) is 2. The van der Waals surface area contributed by atoms with Crippen LogP contribution in [0.15, 0.2) is 54.9 Å². The average molecular weight is 525 g/mol. The highest BCUT2D eigenvalue weighted by Gasteiger charge is 2.16. The number of fused-ring (bicyclic) bond motifs is 7. The molecule has 9 heteroatoms. The van der Waals surface area contributed by atoms with Gasteiger partial charge in [-0.15, -0.1) is 0 Å². The largest absolute Gasteiger partial charge is 0.444 e. The summed E-state index contributed by atoms with van der Waals surface area (Å²) in [4.78, 5) is 43.4. The number of aromatic nitrogens is 4. The van der Waals surface area contributed by atoms with Gasteiger partial charge < -0.3 is 15.4 Å². The van der Waals surface area contributed by atoms with Crippen LogP contribution in [0.25, 0.3) is 43.9 Å². The Morgan fingerprint density at radius 1 is 0.744 bits per heavy atom. The van der Waals surface area contributed by atoms with Gasteiger partial charge in [-0.3, -0.25) is 14.8 Å². The first kappa shape index (κ1) is 26.2. The number of alkyl carbamates (subject to hydrolysis) is 1. The van der Waals surface area contributed by atoms with Crippen LogP contribution in [0, 0.1) is 0 Å². The van der Waals surface area contributed by atoms with Crippen molar-refractivity contribution < 1.29 is 14.3 Å². The van der Waals surface area contributed by atoms with E-state index in [1.54, 1.807) is 24.5 Å². The lowest BCUT2D eigenvalue weighted by Crippen LogP contribution is -2.33. The van der Waals surface area contributed by atoms with Crippen LogP contribution in [-0.2, 0) is 4.74 Å². The molecule has 0 saturated heterocycles. The first-order chi connectivity index (χ1) is 18.8. The average Bonchev–Trinajstić information content (AvgIpc) is 2.92. The Kier molecular flexibility index (Phi) is 7.49. The molecule has 0 fully saturated rings. The zero-order chi connectivity index (χ0) is 27.4. The number of hydrogen-bond acceptors (Lipinski definition) is 7. The molecular formula is C30H32N6O3. The van der Waals surface area contributed by atoms with Crippen molar-refractivity contribution in [1.29, 1.82) is 0 Å². The van der Waals surface area contributed by atoms with Gasteiger partial charge in [-0.1, -0.05) is 12.8 Å². The van der Waals surface area contributed by atoms with Gasteiger partial charge in [0.05, 0.1) is 33.1 Å². The number of nitrogens with zero attached hydrogens (tertiary/aromatic N) is 4. The van der Waals surface area contributed by atoms with E-state index in [-0.39, 0.29) is 5.91 Å². The summed E-state index contributed by atoms with van der Waals surface area (Å²) >= 11 is 0. The van der Waals surface area contributed by atoms with E-state index < -0.39 is 11.7 Å². The molecule has 0 atom stereocenters.